The molecule has 2 aromatic rings. The summed E-state index contributed by atoms with van der Waals surface area (Å²) in [7, 11) is 1.81. The number of pyridine rings is 2. The van der Waals surface area contributed by atoms with Gasteiger partial charge in [-0.25, -0.2) is 0 Å². The van der Waals surface area contributed by atoms with Gasteiger partial charge in [-0.3, -0.25) is 9.59 Å². The summed E-state index contributed by atoms with van der Waals surface area (Å²) in [6.45, 7) is 22.3. The van der Waals surface area contributed by atoms with Crippen LogP contribution < -0.4 is 11.1 Å². The molecule has 4 nitrogen and oxygen atoms in total. The highest BCUT2D eigenvalue weighted by atomic mass is 79.9. The molecule has 170 valence electrons. The van der Waals surface area contributed by atoms with E-state index in [0.717, 1.165) is 22.5 Å². The molecule has 0 spiro atoms. The van der Waals surface area contributed by atoms with Gasteiger partial charge in [-0.1, -0.05) is 41.5 Å². The van der Waals surface area contributed by atoms with E-state index in [2.05, 4.69) is 55.8 Å². The third-order valence-electron chi connectivity index (χ3n) is 5.12. The van der Waals surface area contributed by atoms with Crippen molar-refractivity contribution in [1.29, 1.82) is 0 Å². The van der Waals surface area contributed by atoms with Gasteiger partial charge in [-0.05, 0) is 85.6 Å². The Bertz CT molecular complexity index is 951. The third-order valence-corrected chi connectivity index (χ3v) is 5.91. The molecule has 2 heterocycles. The fourth-order valence-corrected chi connectivity index (χ4v) is 4.14. The van der Waals surface area contributed by atoms with Crippen LogP contribution in [0.15, 0.2) is 26.2 Å². The van der Waals surface area contributed by atoms with Crippen molar-refractivity contribution >= 4 is 15.9 Å². The summed E-state index contributed by atoms with van der Waals surface area (Å²) in [5.41, 5.74) is 5.40. The van der Waals surface area contributed by atoms with Gasteiger partial charge in [-0.15, -0.1) is 0 Å². The van der Waals surface area contributed by atoms with E-state index in [0.29, 0.717) is 16.3 Å². The molecule has 0 bridgehead atoms. The smallest absolute Gasteiger partial charge is 0.265 e. The summed E-state index contributed by atoms with van der Waals surface area (Å²) in [5, 5.41) is 0. The maximum absolute atomic E-state index is 12.1. The summed E-state index contributed by atoms with van der Waals surface area (Å²) >= 11 is 3.40. The van der Waals surface area contributed by atoms with Crippen LogP contribution in [0, 0.1) is 20.8 Å². The van der Waals surface area contributed by atoms with Crippen LogP contribution in [0.1, 0.15) is 101 Å². The lowest BCUT2D eigenvalue weighted by molar-refractivity contribution is 0.557. The Labute approximate surface area is 191 Å². The second-order valence-corrected chi connectivity index (χ2v) is 9.16. The molecule has 5 heteroatoms. The molecular weight excluding hydrogens is 440 g/mol. The minimum absolute atomic E-state index is 0.0775. The highest BCUT2D eigenvalue weighted by Crippen LogP contribution is 2.23. The second kappa shape index (κ2) is 12.3. The molecule has 0 radical (unpaired) electrons. The molecule has 2 rings (SSSR count). The van der Waals surface area contributed by atoms with Crippen LogP contribution >= 0.6 is 15.9 Å². The Balaban J connectivity index is 0.000000522. The SMILES string of the molecule is CC.Cc1c(C(C)C)cc(C)n(C)c1=O.Cc1cc(C(C)C)c(Br)c(=O)n1C(C)C. The number of hydrogen-bond donors (Lipinski definition) is 0. The Morgan fingerprint density at radius 3 is 1.60 bits per heavy atom. The van der Waals surface area contributed by atoms with Crippen molar-refractivity contribution in [3.63, 3.8) is 0 Å². The predicted octanol–water partition coefficient (Wildman–Crippen LogP) is 6.78. The molecule has 0 aromatic carbocycles. The first-order chi connectivity index (χ1) is 13.8. The molecule has 0 atom stereocenters. The van der Waals surface area contributed by atoms with Crippen molar-refractivity contribution in [2.75, 3.05) is 0 Å². The van der Waals surface area contributed by atoms with Crippen LogP contribution in [0.25, 0.3) is 0 Å². The fourth-order valence-electron chi connectivity index (χ4n) is 3.37. The lowest BCUT2D eigenvalue weighted by Crippen LogP contribution is -2.26. The monoisotopic (exact) mass is 480 g/mol. The Hall–Kier alpha value is -1.62. The zero-order valence-corrected chi connectivity index (χ0v) is 22.6. The van der Waals surface area contributed by atoms with Crippen molar-refractivity contribution in [2.24, 2.45) is 7.05 Å². The van der Waals surface area contributed by atoms with Crippen molar-refractivity contribution < 1.29 is 0 Å². The van der Waals surface area contributed by atoms with Crippen molar-refractivity contribution in [1.82, 2.24) is 9.13 Å². The van der Waals surface area contributed by atoms with Crippen LogP contribution in [0.4, 0.5) is 0 Å². The van der Waals surface area contributed by atoms with E-state index < -0.39 is 0 Å². The van der Waals surface area contributed by atoms with E-state index in [-0.39, 0.29) is 17.2 Å². The van der Waals surface area contributed by atoms with Gasteiger partial charge in [0.2, 0.25) is 0 Å². The standard InChI is InChI=1S/C12H18BrNO.C11H17NO.C2H6/c1-7(2)10-6-9(5)14(8(3)4)12(15)11(10)13;1-7(2)10-6-8(3)12(5)11(13)9(10)4;1-2/h6-8H,1-5H3;6-7H,1-5H3;1-2H3. The number of rotatable bonds is 3. The topological polar surface area (TPSA) is 44.0 Å². The van der Waals surface area contributed by atoms with Crippen LogP contribution in [-0.2, 0) is 7.05 Å². The molecular formula is C25H41BrN2O2. The van der Waals surface area contributed by atoms with E-state index in [1.807, 2.05) is 60.1 Å². The van der Waals surface area contributed by atoms with Gasteiger partial charge in [0, 0.05) is 30.0 Å². The first kappa shape index (κ1) is 28.4. The molecule has 0 aliphatic heterocycles. The van der Waals surface area contributed by atoms with Gasteiger partial charge in [0.05, 0.1) is 4.47 Å². The molecule has 0 fully saturated rings. The molecule has 0 aliphatic rings. The largest absolute Gasteiger partial charge is 0.316 e. The summed E-state index contributed by atoms with van der Waals surface area (Å²) in [4.78, 5) is 23.7. The summed E-state index contributed by atoms with van der Waals surface area (Å²) in [6.07, 6.45) is 0. The Kier molecular flexibility index (Phi) is 11.6. The number of halogens is 1. The van der Waals surface area contributed by atoms with Gasteiger partial charge < -0.3 is 9.13 Å². The fraction of sp³-hybridized carbons (Fsp3) is 0.600. The van der Waals surface area contributed by atoms with E-state index in [4.69, 9.17) is 0 Å². The normalized spacial score (nSPS) is 10.7. The zero-order valence-electron chi connectivity index (χ0n) is 21.0. The minimum atomic E-state index is 0.0775. The van der Waals surface area contributed by atoms with Gasteiger partial charge in [0.25, 0.3) is 11.1 Å². The van der Waals surface area contributed by atoms with Crippen LogP contribution in [0.3, 0.4) is 0 Å². The van der Waals surface area contributed by atoms with E-state index >= 15 is 0 Å². The Morgan fingerprint density at radius 2 is 1.20 bits per heavy atom. The van der Waals surface area contributed by atoms with Gasteiger partial charge in [0.15, 0.2) is 0 Å². The average Bonchev–Trinajstić information content (AvgIpc) is 2.67. The molecule has 0 amide bonds. The summed E-state index contributed by atoms with van der Waals surface area (Å²) in [6, 6.07) is 4.40. The second-order valence-electron chi connectivity index (χ2n) is 8.36. The molecule has 0 saturated heterocycles. The predicted molar refractivity (Wildman–Crippen MR) is 134 cm³/mol. The first-order valence-corrected chi connectivity index (χ1v) is 11.7. The summed E-state index contributed by atoms with van der Waals surface area (Å²) in [5.74, 6) is 0.792. The average molecular weight is 482 g/mol. The molecule has 2 aromatic heterocycles. The van der Waals surface area contributed by atoms with E-state index in [9.17, 15) is 9.59 Å². The minimum Gasteiger partial charge on any atom is -0.316 e. The van der Waals surface area contributed by atoms with Crippen molar-refractivity contribution in [2.45, 2.75) is 94.0 Å². The highest BCUT2D eigenvalue weighted by Gasteiger charge is 2.14. The van der Waals surface area contributed by atoms with Crippen LogP contribution in [-0.4, -0.2) is 9.13 Å². The maximum atomic E-state index is 12.1. The van der Waals surface area contributed by atoms with Gasteiger partial charge >= 0.3 is 0 Å². The summed E-state index contributed by atoms with van der Waals surface area (Å²) < 4.78 is 4.22. The van der Waals surface area contributed by atoms with Crippen LogP contribution in [0.5, 0.6) is 0 Å². The molecule has 0 aliphatic carbocycles. The van der Waals surface area contributed by atoms with Crippen molar-refractivity contribution in [3.8, 4) is 0 Å². The van der Waals surface area contributed by atoms with Gasteiger partial charge in [0.1, 0.15) is 0 Å². The van der Waals surface area contributed by atoms with Crippen molar-refractivity contribution in [3.05, 3.63) is 65.4 Å². The first-order valence-electron chi connectivity index (χ1n) is 10.9. The highest BCUT2D eigenvalue weighted by molar-refractivity contribution is 9.10. The zero-order chi connectivity index (χ0) is 23.9. The number of hydrogen-bond acceptors (Lipinski definition) is 2. The number of aryl methyl sites for hydroxylation is 2. The molecule has 30 heavy (non-hydrogen) atoms. The third kappa shape index (κ3) is 6.69. The molecule has 0 unspecified atom stereocenters. The number of aromatic nitrogens is 2. The maximum Gasteiger partial charge on any atom is 0.265 e. The van der Waals surface area contributed by atoms with Gasteiger partial charge in [-0.2, -0.15) is 0 Å². The Morgan fingerprint density at radius 1 is 0.767 bits per heavy atom. The lowest BCUT2D eigenvalue weighted by Gasteiger charge is -2.18. The van der Waals surface area contributed by atoms with E-state index in [1.54, 1.807) is 4.57 Å². The van der Waals surface area contributed by atoms with E-state index in [1.165, 1.54) is 5.56 Å². The quantitative estimate of drug-likeness (QED) is 0.485. The molecule has 0 N–H and O–H groups in total. The lowest BCUT2D eigenvalue weighted by atomic mass is 9.99. The number of nitrogens with zero attached hydrogens (tertiary/aromatic N) is 2. The molecule has 0 saturated carbocycles. The van der Waals surface area contributed by atoms with Crippen LogP contribution in [0.2, 0.25) is 0 Å².